The summed E-state index contributed by atoms with van der Waals surface area (Å²) in [6.07, 6.45) is 14.1. The molecule has 420 valence electrons. The van der Waals surface area contributed by atoms with Crippen molar-refractivity contribution in [2.45, 2.75) is 151 Å². The summed E-state index contributed by atoms with van der Waals surface area (Å²) in [6.45, 7) is 16.7. The van der Waals surface area contributed by atoms with Crippen LogP contribution in [0.2, 0.25) is 0 Å². The predicted octanol–water partition coefficient (Wildman–Crippen LogP) is 13.7. The van der Waals surface area contributed by atoms with Gasteiger partial charge in [-0.3, -0.25) is 4.79 Å². The summed E-state index contributed by atoms with van der Waals surface area (Å²) >= 11 is 0. The zero-order valence-corrected chi connectivity index (χ0v) is 48.8. The molecule has 0 amide bonds. The van der Waals surface area contributed by atoms with Crippen LogP contribution in [0.3, 0.4) is 0 Å². The quantitative estimate of drug-likeness (QED) is 0.0616. The van der Waals surface area contributed by atoms with Gasteiger partial charge in [0.05, 0.1) is 13.2 Å². The summed E-state index contributed by atoms with van der Waals surface area (Å²) in [5.41, 5.74) is 2.49. The number of hydrogen-bond acceptors (Lipinski definition) is 7. The third kappa shape index (κ3) is 55.7. The van der Waals surface area contributed by atoms with Crippen molar-refractivity contribution >= 4 is 17.7 Å². The van der Waals surface area contributed by atoms with Gasteiger partial charge < -0.3 is 25.2 Å². The summed E-state index contributed by atoms with van der Waals surface area (Å²) in [7, 11) is 0. The number of carbonyl (C=O) groups excluding carboxylic acids is 2. The molecule has 8 heteroatoms. The fraction of sp³-hybridized carbons (Fsp3) is 0.347. The van der Waals surface area contributed by atoms with Crippen molar-refractivity contribution in [2.75, 3.05) is 13.2 Å². The standard InChI is InChI=1S/C14H10.C12H22.C11H10O2.C10H8O.C9H6O2.C8H14O2.C8H14O/c1-3-7-13(8-4-1)11-12-14-9-5-2-6-10-14;1-3-5-7-9-11-12-10-8-6-4-2;1-2-13-11(12)9-8-10-6-4-3-5-7-10;1-9(11)7-8-10-5-3-2-4-6-10;10-9(11)7-6-8-4-2-1-3-5-8;1-7(2,9)5-6-8(3,4)10;1-2-3-4-5-6-7-8-9/h1-10H;3-10H2,1-2H3;3-7H,2H2,1H3;2-6H,1H3;1-5H,(H,10,11);9-10H,1-4H3;9H,2-4,7-8H2,1H3. The van der Waals surface area contributed by atoms with E-state index in [1.807, 2.05) is 145 Å². The van der Waals surface area contributed by atoms with Crippen molar-refractivity contribution in [2.24, 2.45) is 0 Å². The first kappa shape index (κ1) is 73.6. The van der Waals surface area contributed by atoms with Crippen molar-refractivity contribution in [3.05, 3.63) is 179 Å². The lowest BCUT2D eigenvalue weighted by molar-refractivity contribution is -0.136. The van der Waals surface area contributed by atoms with Gasteiger partial charge in [0.1, 0.15) is 11.2 Å². The number of carboxylic acid groups (broad SMARTS) is 1. The number of hydrogen-bond donors (Lipinski definition) is 4. The first-order valence-electron chi connectivity index (χ1n) is 27.1. The number of aliphatic hydroxyl groups excluding tert-OH is 1. The Balaban J connectivity index is 0. The lowest BCUT2D eigenvalue weighted by atomic mass is 10.1. The average Bonchev–Trinajstić information content (AvgIpc) is 3.45. The minimum atomic E-state index is -1.10. The monoisotopic (exact) mass is 1080 g/mol. The molecule has 5 aromatic carbocycles. The van der Waals surface area contributed by atoms with Crippen LogP contribution < -0.4 is 0 Å². The number of esters is 1. The highest BCUT2D eigenvalue weighted by atomic mass is 16.5. The van der Waals surface area contributed by atoms with Gasteiger partial charge in [0.15, 0.2) is 0 Å². The molecule has 80 heavy (non-hydrogen) atoms. The van der Waals surface area contributed by atoms with E-state index in [9.17, 15) is 14.4 Å². The Morgan fingerprint density at radius 2 is 0.725 bits per heavy atom. The number of aliphatic hydroxyl groups is 3. The second-order valence-corrected chi connectivity index (χ2v) is 18.0. The van der Waals surface area contributed by atoms with Crippen molar-refractivity contribution in [3.8, 4) is 82.9 Å². The maximum Gasteiger partial charge on any atom is 0.384 e. The highest BCUT2D eigenvalue weighted by molar-refractivity contribution is 5.93. The fourth-order valence-corrected chi connectivity index (χ4v) is 5.24. The van der Waals surface area contributed by atoms with Crippen LogP contribution in [0.25, 0.3) is 0 Å². The van der Waals surface area contributed by atoms with Crippen LogP contribution in [0.15, 0.2) is 152 Å². The number of rotatable bonds is 10. The second kappa shape index (κ2) is 51.3. The zero-order valence-electron chi connectivity index (χ0n) is 48.8. The number of carbonyl (C=O) groups is 3. The topological polar surface area (TPSA) is 141 Å². The Labute approximate surface area is 481 Å². The van der Waals surface area contributed by atoms with Crippen LogP contribution in [-0.4, -0.2) is 62.6 Å². The van der Waals surface area contributed by atoms with Crippen molar-refractivity contribution in [3.63, 3.8) is 0 Å². The molecule has 5 rings (SSSR count). The second-order valence-electron chi connectivity index (χ2n) is 18.0. The van der Waals surface area contributed by atoms with Gasteiger partial charge in [-0.25, -0.2) is 9.59 Å². The molecule has 0 bridgehead atoms. The molecule has 0 fully saturated rings. The molecule has 0 aromatic heterocycles. The summed E-state index contributed by atoms with van der Waals surface area (Å²) in [5.74, 6) is 36.7. The minimum absolute atomic E-state index is 0.103. The van der Waals surface area contributed by atoms with E-state index < -0.39 is 23.1 Å². The van der Waals surface area contributed by atoms with Crippen LogP contribution in [0.1, 0.15) is 167 Å². The van der Waals surface area contributed by atoms with Crippen molar-refractivity contribution in [1.29, 1.82) is 0 Å². The van der Waals surface area contributed by atoms with E-state index in [0.29, 0.717) is 13.0 Å². The van der Waals surface area contributed by atoms with Crippen molar-refractivity contribution < 1.29 is 39.5 Å². The van der Waals surface area contributed by atoms with E-state index in [2.05, 4.69) is 102 Å². The molecule has 0 heterocycles. The van der Waals surface area contributed by atoms with E-state index in [-0.39, 0.29) is 12.4 Å². The number of benzene rings is 5. The number of unbranched alkanes of at least 4 members (excludes halogenated alkanes) is 8. The summed E-state index contributed by atoms with van der Waals surface area (Å²) in [6, 6.07) is 47.8. The Morgan fingerprint density at radius 3 is 1.01 bits per heavy atom. The molecule has 8 nitrogen and oxygen atoms in total. The Morgan fingerprint density at radius 1 is 0.425 bits per heavy atom. The minimum Gasteiger partial charge on any atom is -0.472 e. The van der Waals surface area contributed by atoms with Gasteiger partial charge in [0.2, 0.25) is 5.78 Å². The molecule has 0 atom stereocenters. The zero-order chi connectivity index (χ0) is 59.8. The molecule has 0 aliphatic carbocycles. The van der Waals surface area contributed by atoms with Crippen molar-refractivity contribution in [1.82, 2.24) is 0 Å². The lowest BCUT2D eigenvalue weighted by Gasteiger charge is -2.10. The van der Waals surface area contributed by atoms with Crippen LogP contribution in [0.5, 0.6) is 0 Å². The number of Topliss-reactive ketones (excluding diaryl/α,β-unsaturated/α-hetero) is 1. The third-order valence-corrected chi connectivity index (χ3v) is 9.13. The van der Waals surface area contributed by atoms with Gasteiger partial charge >= 0.3 is 11.9 Å². The molecule has 0 unspecified atom stereocenters. The lowest BCUT2D eigenvalue weighted by Crippen LogP contribution is -2.20. The molecule has 0 radical (unpaired) electrons. The van der Waals surface area contributed by atoms with Crippen LogP contribution in [0.4, 0.5) is 0 Å². The largest absolute Gasteiger partial charge is 0.472 e. The first-order chi connectivity index (χ1) is 38.4. The smallest absolute Gasteiger partial charge is 0.384 e. The fourth-order valence-electron chi connectivity index (χ4n) is 5.24. The molecule has 0 aliphatic heterocycles. The highest BCUT2D eigenvalue weighted by Gasteiger charge is 2.11. The van der Waals surface area contributed by atoms with Gasteiger partial charge in [0, 0.05) is 72.3 Å². The van der Waals surface area contributed by atoms with Gasteiger partial charge in [-0.2, -0.15) is 0 Å². The summed E-state index contributed by atoms with van der Waals surface area (Å²) in [5, 5.41) is 34.7. The molecule has 0 aliphatic rings. The number of ether oxygens (including phenoxy) is 1. The molecule has 5 aromatic rings. The van der Waals surface area contributed by atoms with Gasteiger partial charge in [0.25, 0.3) is 0 Å². The predicted molar refractivity (Wildman–Crippen MR) is 329 cm³/mol. The average molecular weight is 1080 g/mol. The summed E-state index contributed by atoms with van der Waals surface area (Å²) in [4.78, 5) is 31.3. The highest BCUT2D eigenvalue weighted by Crippen LogP contribution is 2.03. The van der Waals surface area contributed by atoms with Crippen LogP contribution in [0, 0.1) is 82.9 Å². The Bertz CT molecular complexity index is 2710. The van der Waals surface area contributed by atoms with Crippen LogP contribution >= 0.6 is 0 Å². The van der Waals surface area contributed by atoms with E-state index in [0.717, 1.165) is 47.1 Å². The van der Waals surface area contributed by atoms with Gasteiger partial charge in [-0.15, -0.1) is 23.7 Å². The third-order valence-electron chi connectivity index (χ3n) is 9.13. The summed E-state index contributed by atoms with van der Waals surface area (Å²) < 4.78 is 4.65. The van der Waals surface area contributed by atoms with E-state index in [4.69, 9.17) is 20.4 Å². The van der Waals surface area contributed by atoms with Gasteiger partial charge in [-0.05, 0) is 120 Å². The Kier molecular flexibility index (Phi) is 47.2. The molecular weight excluding hydrogens is 993 g/mol. The van der Waals surface area contributed by atoms with E-state index in [1.165, 1.54) is 58.3 Å². The molecule has 4 N–H and O–H groups in total. The Hall–Kier alpha value is -8.49. The molecule has 0 saturated heterocycles. The molecule has 0 saturated carbocycles. The number of aliphatic carboxylic acids is 1. The number of carboxylic acids is 1. The van der Waals surface area contributed by atoms with E-state index >= 15 is 0 Å². The normalized spacial score (nSPS) is 8.95. The van der Waals surface area contributed by atoms with E-state index in [1.54, 1.807) is 46.8 Å². The maximum atomic E-state index is 10.8. The van der Waals surface area contributed by atoms with Gasteiger partial charge in [-0.1, -0.05) is 185 Å². The first-order valence-corrected chi connectivity index (χ1v) is 27.1. The maximum absolute atomic E-state index is 10.8. The number of ketones is 1. The SMILES string of the molecule is C(#Cc1ccccc1)c1ccccc1.CC(=O)C#Cc1ccccc1.CC(C)(O)C#CC(C)(C)O.CCCCC#CCCO.CCCCCC#CCCCCC.CCOC(=O)C#Cc1ccccc1.O=C(O)C#Cc1ccccc1. The molecular formula is C72H84O8. The molecule has 0 spiro atoms. The van der Waals surface area contributed by atoms with Crippen LogP contribution in [-0.2, 0) is 19.1 Å².